The molecule has 0 radical (unpaired) electrons. The number of non-ortho nitro benzene ring substituents is 1. The number of benzene rings is 2. The zero-order valence-electron chi connectivity index (χ0n) is 16.2. The van der Waals surface area contributed by atoms with Crippen LogP contribution >= 0.6 is 11.6 Å². The molecule has 162 valence electrons. The second-order valence-corrected chi connectivity index (χ2v) is 7.35. The average molecular weight is 455 g/mol. The number of nitrogens with zero attached hydrogens (tertiary/aromatic N) is 2. The van der Waals surface area contributed by atoms with Crippen molar-refractivity contribution in [2.45, 2.75) is 12.3 Å². The van der Waals surface area contributed by atoms with E-state index in [4.69, 9.17) is 11.6 Å². The predicted octanol–water partition coefficient (Wildman–Crippen LogP) is 3.14. The first-order valence-corrected chi connectivity index (χ1v) is 9.70. The van der Waals surface area contributed by atoms with Gasteiger partial charge in [0.2, 0.25) is 17.8 Å². The maximum atomic E-state index is 12.8. The van der Waals surface area contributed by atoms with Crippen LogP contribution < -0.4 is 21.5 Å². The number of hydrogen-bond acceptors (Lipinski definition) is 7. The minimum atomic E-state index is -1.13. The van der Waals surface area contributed by atoms with Crippen LogP contribution in [-0.2, 0) is 9.59 Å². The molecular weight excluding hydrogens is 440 g/mol. The minimum absolute atomic E-state index is 0.00538. The molecule has 0 saturated carbocycles. The summed E-state index contributed by atoms with van der Waals surface area (Å²) in [5, 5.41) is 19.4. The Bertz CT molecular complexity index is 1290. The van der Waals surface area contributed by atoms with Gasteiger partial charge in [-0.1, -0.05) is 17.7 Å². The van der Waals surface area contributed by atoms with Crippen LogP contribution in [0.5, 0.6) is 0 Å². The second-order valence-electron chi connectivity index (χ2n) is 6.91. The molecule has 1 aromatic heterocycles. The monoisotopic (exact) mass is 454 g/mol. The van der Waals surface area contributed by atoms with E-state index < -0.39 is 28.2 Å². The van der Waals surface area contributed by atoms with Gasteiger partial charge in [0, 0.05) is 35.0 Å². The van der Waals surface area contributed by atoms with Gasteiger partial charge in [0.05, 0.1) is 16.4 Å². The summed E-state index contributed by atoms with van der Waals surface area (Å²) in [7, 11) is 0. The molecule has 0 fully saturated rings. The number of nitrogens with one attached hydrogen (secondary N) is 4. The third-order valence-electron chi connectivity index (χ3n) is 4.70. The Hall–Kier alpha value is -4.25. The van der Waals surface area contributed by atoms with E-state index >= 15 is 0 Å². The molecule has 12 heteroatoms. The molecule has 0 saturated heterocycles. The molecule has 4 N–H and O–H groups in total. The lowest BCUT2D eigenvalue weighted by Crippen LogP contribution is -2.36. The molecule has 0 bridgehead atoms. The van der Waals surface area contributed by atoms with Crippen LogP contribution in [0.15, 0.2) is 53.3 Å². The van der Waals surface area contributed by atoms with E-state index in [1.165, 1.54) is 24.3 Å². The van der Waals surface area contributed by atoms with E-state index in [1.54, 1.807) is 24.3 Å². The van der Waals surface area contributed by atoms with Crippen molar-refractivity contribution in [2.24, 2.45) is 0 Å². The summed E-state index contributed by atoms with van der Waals surface area (Å²) >= 11 is 5.86. The minimum Gasteiger partial charge on any atom is -0.326 e. The molecule has 1 aliphatic rings. The second kappa shape index (κ2) is 8.47. The third kappa shape index (κ3) is 4.42. The fourth-order valence-electron chi connectivity index (χ4n) is 3.25. The number of nitro benzene ring substituents is 1. The molecule has 0 aliphatic carbocycles. The summed E-state index contributed by atoms with van der Waals surface area (Å²) < 4.78 is 0. The standard InChI is InChI=1S/C20H15ClN6O5/c21-10-4-6-11(7-5-10)23-20-25-17-16(19(30)26-20)14(9-15(28)24-17)18(29)22-12-2-1-3-13(8-12)27(31)32/h1-8,14H,9H2,(H,22,29)(H3,23,24,25,26,28,30). The highest BCUT2D eigenvalue weighted by Gasteiger charge is 2.35. The molecule has 32 heavy (non-hydrogen) atoms. The molecule has 3 aromatic rings. The van der Waals surface area contributed by atoms with E-state index in [0.717, 1.165) is 0 Å². The number of aromatic amines is 1. The summed E-state index contributed by atoms with van der Waals surface area (Å²) in [4.78, 5) is 54.9. The van der Waals surface area contributed by atoms with Crippen molar-refractivity contribution >= 4 is 52.2 Å². The maximum absolute atomic E-state index is 12.8. The van der Waals surface area contributed by atoms with Crippen molar-refractivity contribution < 1.29 is 14.5 Å². The number of carbonyl (C=O) groups is 2. The quantitative estimate of drug-likeness (QED) is 0.340. The summed E-state index contributed by atoms with van der Waals surface area (Å²) in [6, 6.07) is 12.0. The number of fused-ring (bicyclic) bond motifs is 1. The van der Waals surface area contributed by atoms with Gasteiger partial charge in [-0.2, -0.15) is 4.98 Å². The van der Waals surface area contributed by atoms with Gasteiger partial charge < -0.3 is 16.0 Å². The molecule has 0 spiro atoms. The van der Waals surface area contributed by atoms with Crippen LogP contribution in [0.3, 0.4) is 0 Å². The molecule has 1 unspecified atom stereocenters. The third-order valence-corrected chi connectivity index (χ3v) is 4.95. The Labute approximate surface area is 185 Å². The molecule has 1 atom stereocenters. The Morgan fingerprint density at radius 2 is 1.91 bits per heavy atom. The van der Waals surface area contributed by atoms with Crippen LogP contribution in [-0.4, -0.2) is 26.7 Å². The Balaban J connectivity index is 1.62. The lowest BCUT2D eigenvalue weighted by molar-refractivity contribution is -0.384. The van der Waals surface area contributed by atoms with Crippen molar-refractivity contribution in [3.63, 3.8) is 0 Å². The fourth-order valence-corrected chi connectivity index (χ4v) is 3.38. The van der Waals surface area contributed by atoms with Gasteiger partial charge in [-0.05, 0) is 30.3 Å². The van der Waals surface area contributed by atoms with Gasteiger partial charge in [-0.15, -0.1) is 0 Å². The topological polar surface area (TPSA) is 159 Å². The smallest absolute Gasteiger partial charge is 0.271 e. The van der Waals surface area contributed by atoms with E-state index in [9.17, 15) is 24.5 Å². The van der Waals surface area contributed by atoms with E-state index in [-0.39, 0.29) is 35.1 Å². The molecule has 1 aliphatic heterocycles. The zero-order valence-corrected chi connectivity index (χ0v) is 17.0. The Kier molecular flexibility index (Phi) is 5.56. The molecule has 11 nitrogen and oxygen atoms in total. The number of anilines is 4. The Morgan fingerprint density at radius 1 is 1.16 bits per heavy atom. The number of nitro groups is 1. The first-order valence-electron chi connectivity index (χ1n) is 9.32. The summed E-state index contributed by atoms with van der Waals surface area (Å²) in [6.07, 6.45) is -0.275. The van der Waals surface area contributed by atoms with Crippen LogP contribution in [0.2, 0.25) is 5.02 Å². The first kappa shape index (κ1) is 21.0. The normalized spacial score (nSPS) is 14.8. The van der Waals surface area contributed by atoms with Gasteiger partial charge in [0.25, 0.3) is 11.2 Å². The van der Waals surface area contributed by atoms with Crippen molar-refractivity contribution in [3.05, 3.63) is 79.6 Å². The highest BCUT2D eigenvalue weighted by molar-refractivity contribution is 6.30. The SMILES string of the molecule is O=C1CC(C(=O)Nc2cccc([N+](=O)[O-])c2)c2c(nc(Nc3ccc(Cl)cc3)[nH]c2=O)N1. The largest absolute Gasteiger partial charge is 0.326 e. The molecule has 2 amide bonds. The van der Waals surface area contributed by atoms with Gasteiger partial charge in [-0.25, -0.2) is 0 Å². The number of amides is 2. The van der Waals surface area contributed by atoms with Gasteiger partial charge in [0.15, 0.2) is 0 Å². The summed E-state index contributed by atoms with van der Waals surface area (Å²) in [5.74, 6) is -2.25. The van der Waals surface area contributed by atoms with Crippen molar-refractivity contribution in [2.75, 3.05) is 16.0 Å². The van der Waals surface area contributed by atoms with E-state index in [1.807, 2.05) is 0 Å². The van der Waals surface area contributed by atoms with E-state index in [0.29, 0.717) is 10.7 Å². The maximum Gasteiger partial charge on any atom is 0.271 e. The lowest BCUT2D eigenvalue weighted by atomic mass is 9.92. The number of aromatic nitrogens is 2. The lowest BCUT2D eigenvalue weighted by Gasteiger charge is -2.23. The number of H-pyrrole nitrogens is 1. The van der Waals surface area contributed by atoms with Crippen LogP contribution in [0.1, 0.15) is 17.9 Å². The fraction of sp³-hybridized carbons (Fsp3) is 0.100. The highest BCUT2D eigenvalue weighted by Crippen LogP contribution is 2.30. The summed E-state index contributed by atoms with van der Waals surface area (Å²) in [6.45, 7) is 0. The highest BCUT2D eigenvalue weighted by atomic mass is 35.5. The zero-order chi connectivity index (χ0) is 22.8. The van der Waals surface area contributed by atoms with Crippen LogP contribution in [0.25, 0.3) is 0 Å². The van der Waals surface area contributed by atoms with Crippen molar-refractivity contribution in [1.29, 1.82) is 0 Å². The van der Waals surface area contributed by atoms with Crippen LogP contribution in [0, 0.1) is 10.1 Å². The van der Waals surface area contributed by atoms with Gasteiger partial charge >= 0.3 is 0 Å². The average Bonchev–Trinajstić information content (AvgIpc) is 2.74. The van der Waals surface area contributed by atoms with Crippen molar-refractivity contribution in [1.82, 2.24) is 9.97 Å². The number of carbonyl (C=O) groups excluding carboxylic acids is 2. The van der Waals surface area contributed by atoms with Gasteiger partial charge in [0.1, 0.15) is 5.82 Å². The Morgan fingerprint density at radius 3 is 2.62 bits per heavy atom. The van der Waals surface area contributed by atoms with Gasteiger partial charge in [-0.3, -0.25) is 29.5 Å². The first-order chi connectivity index (χ1) is 15.3. The van der Waals surface area contributed by atoms with Crippen LogP contribution in [0.4, 0.5) is 28.8 Å². The number of halogens is 1. The molecule has 2 aromatic carbocycles. The van der Waals surface area contributed by atoms with E-state index in [2.05, 4.69) is 25.9 Å². The number of rotatable bonds is 5. The predicted molar refractivity (Wildman–Crippen MR) is 117 cm³/mol. The summed E-state index contributed by atoms with van der Waals surface area (Å²) in [5.41, 5.74) is -0.0522. The van der Waals surface area contributed by atoms with Crippen molar-refractivity contribution in [3.8, 4) is 0 Å². The number of hydrogen-bond donors (Lipinski definition) is 4. The molecule has 4 rings (SSSR count). The molecule has 2 heterocycles. The molecular formula is C20H15ClN6O5.